The van der Waals surface area contributed by atoms with Gasteiger partial charge in [0.1, 0.15) is 17.6 Å². The smallest absolute Gasteiger partial charge is 0.225 e. The van der Waals surface area contributed by atoms with E-state index in [2.05, 4.69) is 5.32 Å². The van der Waals surface area contributed by atoms with Crippen LogP contribution in [0.3, 0.4) is 0 Å². The first kappa shape index (κ1) is 16.9. The number of furan rings is 1. The lowest BCUT2D eigenvalue weighted by Crippen LogP contribution is -2.30. The van der Waals surface area contributed by atoms with Crippen LogP contribution in [0, 0.1) is 0 Å². The Morgan fingerprint density at radius 3 is 2.48 bits per heavy atom. The number of hydrogen-bond acceptors (Lipinski definition) is 3. The molecule has 4 nitrogen and oxygen atoms in total. The number of carbonyl (C=O) groups is 1. The summed E-state index contributed by atoms with van der Waals surface area (Å²) in [6.45, 7) is 0. The predicted octanol–water partition coefficient (Wildman–Crippen LogP) is 4.59. The summed E-state index contributed by atoms with van der Waals surface area (Å²) in [6, 6.07) is 23.8. The third kappa shape index (κ3) is 3.55. The summed E-state index contributed by atoms with van der Waals surface area (Å²) in [6.07, 6.45) is 1.82. The molecule has 0 radical (unpaired) electrons. The molecule has 3 aromatic carbocycles. The highest BCUT2D eigenvalue weighted by molar-refractivity contribution is 5.89. The molecule has 1 amide bonds. The molecule has 4 aromatic rings. The lowest BCUT2D eigenvalue weighted by molar-refractivity contribution is -0.121. The molecule has 0 aliphatic carbocycles. The van der Waals surface area contributed by atoms with Crippen molar-refractivity contribution in [3.05, 3.63) is 102 Å². The quantitative estimate of drug-likeness (QED) is 0.549. The number of aromatic hydroxyl groups is 1. The van der Waals surface area contributed by atoms with Crippen molar-refractivity contribution < 1.29 is 14.3 Å². The topological polar surface area (TPSA) is 62.5 Å². The molecule has 0 unspecified atom stereocenters. The molecule has 0 spiro atoms. The molecule has 0 bridgehead atoms. The molecule has 0 fully saturated rings. The maximum Gasteiger partial charge on any atom is 0.225 e. The Kier molecular flexibility index (Phi) is 4.62. The normalized spacial score (nSPS) is 12.0. The summed E-state index contributed by atoms with van der Waals surface area (Å²) >= 11 is 0. The minimum atomic E-state index is -0.581. The zero-order valence-corrected chi connectivity index (χ0v) is 14.6. The average Bonchev–Trinajstić information content (AvgIpc) is 3.22. The third-order valence-corrected chi connectivity index (χ3v) is 4.58. The Bertz CT molecular complexity index is 1060. The van der Waals surface area contributed by atoms with Gasteiger partial charge in [0.15, 0.2) is 0 Å². The van der Waals surface area contributed by atoms with E-state index in [0.717, 1.165) is 16.3 Å². The van der Waals surface area contributed by atoms with Gasteiger partial charge in [0.2, 0.25) is 5.91 Å². The Morgan fingerprint density at radius 1 is 0.926 bits per heavy atom. The van der Waals surface area contributed by atoms with Crippen LogP contribution in [-0.4, -0.2) is 11.0 Å². The lowest BCUT2D eigenvalue weighted by atomic mass is 9.95. The van der Waals surface area contributed by atoms with Crippen molar-refractivity contribution in [2.45, 2.75) is 12.5 Å². The number of hydrogen-bond donors (Lipinski definition) is 2. The molecule has 0 saturated heterocycles. The fourth-order valence-electron chi connectivity index (χ4n) is 3.32. The van der Waals surface area contributed by atoms with Crippen LogP contribution in [0.4, 0.5) is 0 Å². The summed E-state index contributed by atoms with van der Waals surface area (Å²) in [5.74, 6) is 0.549. The minimum Gasteiger partial charge on any atom is -0.508 e. The summed E-state index contributed by atoms with van der Waals surface area (Å²) in [5, 5.41) is 15.5. The van der Waals surface area contributed by atoms with Gasteiger partial charge in [0, 0.05) is 5.56 Å². The van der Waals surface area contributed by atoms with Gasteiger partial charge in [-0.1, -0.05) is 60.7 Å². The number of fused-ring (bicyclic) bond motifs is 1. The molecule has 2 N–H and O–H groups in total. The highest BCUT2D eigenvalue weighted by Gasteiger charge is 2.24. The maximum absolute atomic E-state index is 12.7. The number of phenolic OH excluding ortho intramolecular Hbond substituents is 1. The molecule has 134 valence electrons. The number of benzene rings is 3. The minimum absolute atomic E-state index is 0.120. The molecule has 1 atom stereocenters. The molecule has 0 aliphatic rings. The second kappa shape index (κ2) is 7.38. The van der Waals surface area contributed by atoms with Crippen LogP contribution in [-0.2, 0) is 11.2 Å². The monoisotopic (exact) mass is 357 g/mol. The number of carbonyl (C=O) groups excluding carboxylic acids is 1. The zero-order chi connectivity index (χ0) is 18.6. The molecule has 27 heavy (non-hydrogen) atoms. The molecule has 1 aromatic heterocycles. The van der Waals surface area contributed by atoms with Crippen molar-refractivity contribution >= 4 is 16.7 Å². The van der Waals surface area contributed by atoms with Gasteiger partial charge >= 0.3 is 0 Å². The van der Waals surface area contributed by atoms with Crippen LogP contribution < -0.4 is 5.32 Å². The van der Waals surface area contributed by atoms with Gasteiger partial charge in [0.05, 0.1) is 12.7 Å². The SMILES string of the molecule is O=C(Cc1ccccc1)N[C@@H](c1ccco1)c1c(O)ccc2ccccc12. The number of amides is 1. The molecular weight excluding hydrogens is 338 g/mol. The van der Waals surface area contributed by atoms with Crippen molar-refractivity contribution in [2.24, 2.45) is 0 Å². The summed E-state index contributed by atoms with van der Waals surface area (Å²) in [5.41, 5.74) is 1.56. The van der Waals surface area contributed by atoms with E-state index in [1.54, 1.807) is 24.5 Å². The number of rotatable bonds is 5. The standard InChI is InChI=1S/C23H19NO3/c25-19-13-12-17-9-4-5-10-18(17)22(19)23(20-11-6-14-27-20)24-21(26)15-16-7-2-1-3-8-16/h1-14,23,25H,15H2,(H,24,26)/t23-/m0/s1. The van der Waals surface area contributed by atoms with Gasteiger partial charge in [-0.3, -0.25) is 4.79 Å². The Labute approximate surface area is 157 Å². The predicted molar refractivity (Wildman–Crippen MR) is 104 cm³/mol. The lowest BCUT2D eigenvalue weighted by Gasteiger charge is -2.20. The first-order valence-corrected chi connectivity index (χ1v) is 8.79. The molecule has 0 saturated carbocycles. The first-order chi connectivity index (χ1) is 13.2. The number of phenols is 1. The summed E-state index contributed by atoms with van der Waals surface area (Å²) in [7, 11) is 0. The van der Waals surface area contributed by atoms with E-state index in [1.165, 1.54) is 0 Å². The summed E-state index contributed by atoms with van der Waals surface area (Å²) in [4.78, 5) is 12.7. The largest absolute Gasteiger partial charge is 0.508 e. The Balaban J connectivity index is 1.73. The second-order valence-electron chi connectivity index (χ2n) is 6.40. The fraction of sp³-hybridized carbons (Fsp3) is 0.0870. The van der Waals surface area contributed by atoms with Crippen molar-refractivity contribution in [2.75, 3.05) is 0 Å². The maximum atomic E-state index is 12.7. The Morgan fingerprint density at radius 2 is 1.70 bits per heavy atom. The third-order valence-electron chi connectivity index (χ3n) is 4.58. The van der Waals surface area contributed by atoms with Gasteiger partial charge in [-0.05, 0) is 34.5 Å². The van der Waals surface area contributed by atoms with E-state index in [4.69, 9.17) is 4.42 Å². The zero-order valence-electron chi connectivity index (χ0n) is 14.6. The van der Waals surface area contributed by atoms with E-state index in [-0.39, 0.29) is 18.1 Å². The molecule has 0 aliphatic heterocycles. The van der Waals surface area contributed by atoms with Crippen LogP contribution in [0.1, 0.15) is 22.9 Å². The van der Waals surface area contributed by atoms with Crippen molar-refractivity contribution in [1.29, 1.82) is 0 Å². The van der Waals surface area contributed by atoms with Crippen LogP contribution in [0.15, 0.2) is 89.5 Å². The molecule has 4 heteroatoms. The fourth-order valence-corrected chi connectivity index (χ4v) is 3.32. The van der Waals surface area contributed by atoms with Gasteiger partial charge < -0.3 is 14.8 Å². The molecule has 1 heterocycles. The number of nitrogens with one attached hydrogen (secondary N) is 1. The highest BCUT2D eigenvalue weighted by Crippen LogP contribution is 2.36. The second-order valence-corrected chi connectivity index (χ2v) is 6.40. The van der Waals surface area contributed by atoms with Gasteiger partial charge in [-0.15, -0.1) is 0 Å². The van der Waals surface area contributed by atoms with Crippen molar-refractivity contribution in [1.82, 2.24) is 5.32 Å². The van der Waals surface area contributed by atoms with Crippen LogP contribution in [0.2, 0.25) is 0 Å². The average molecular weight is 357 g/mol. The summed E-state index contributed by atoms with van der Waals surface area (Å²) < 4.78 is 5.58. The van der Waals surface area contributed by atoms with E-state index >= 15 is 0 Å². The van der Waals surface area contributed by atoms with Gasteiger partial charge in [-0.2, -0.15) is 0 Å². The first-order valence-electron chi connectivity index (χ1n) is 8.79. The molecular formula is C23H19NO3. The van der Waals surface area contributed by atoms with E-state index in [1.807, 2.05) is 60.7 Å². The van der Waals surface area contributed by atoms with E-state index < -0.39 is 6.04 Å². The van der Waals surface area contributed by atoms with E-state index in [0.29, 0.717) is 11.3 Å². The van der Waals surface area contributed by atoms with Gasteiger partial charge in [-0.25, -0.2) is 0 Å². The van der Waals surface area contributed by atoms with Crippen LogP contribution in [0.25, 0.3) is 10.8 Å². The Hall–Kier alpha value is -3.53. The van der Waals surface area contributed by atoms with Crippen molar-refractivity contribution in [3.8, 4) is 5.75 Å². The van der Waals surface area contributed by atoms with Crippen LogP contribution in [0.5, 0.6) is 5.75 Å². The van der Waals surface area contributed by atoms with E-state index in [9.17, 15) is 9.90 Å². The highest BCUT2D eigenvalue weighted by atomic mass is 16.3. The van der Waals surface area contributed by atoms with Crippen LogP contribution >= 0.6 is 0 Å². The van der Waals surface area contributed by atoms with Gasteiger partial charge in [0.25, 0.3) is 0 Å². The van der Waals surface area contributed by atoms with Crippen molar-refractivity contribution in [3.63, 3.8) is 0 Å². The molecule has 4 rings (SSSR count).